The van der Waals surface area contributed by atoms with Crippen molar-refractivity contribution < 1.29 is 22.7 Å². The van der Waals surface area contributed by atoms with Crippen molar-refractivity contribution >= 4 is 45.0 Å². The molecule has 28 heavy (non-hydrogen) atoms. The number of anilines is 1. The highest BCUT2D eigenvalue weighted by atomic mass is 35.5. The van der Waals surface area contributed by atoms with E-state index in [1.807, 2.05) is 6.26 Å². The first-order valence-corrected chi connectivity index (χ1v) is 11.1. The molecule has 0 atom stereocenters. The van der Waals surface area contributed by atoms with Crippen LogP contribution in [-0.2, 0) is 14.8 Å². The number of carbonyl (C=O) groups is 1. The Balaban J connectivity index is 2.15. The molecule has 0 fully saturated rings. The van der Waals surface area contributed by atoms with E-state index in [2.05, 4.69) is 5.32 Å². The molecule has 0 unspecified atom stereocenters. The van der Waals surface area contributed by atoms with Crippen LogP contribution in [0.3, 0.4) is 0 Å². The summed E-state index contributed by atoms with van der Waals surface area (Å²) < 4.78 is 36.6. The van der Waals surface area contributed by atoms with Gasteiger partial charge in [-0.3, -0.25) is 4.79 Å². The van der Waals surface area contributed by atoms with E-state index >= 15 is 0 Å². The fraction of sp³-hybridized carbons (Fsp3) is 0.278. The molecule has 2 aromatic carbocycles. The molecular weight excluding hydrogens is 424 g/mol. The van der Waals surface area contributed by atoms with Crippen LogP contribution in [0.15, 0.2) is 46.2 Å². The summed E-state index contributed by atoms with van der Waals surface area (Å²) in [6.45, 7) is -0.374. The summed E-state index contributed by atoms with van der Waals surface area (Å²) in [4.78, 5) is 13.5. The quantitative estimate of drug-likeness (QED) is 0.628. The van der Waals surface area contributed by atoms with Gasteiger partial charge in [0.2, 0.25) is 15.9 Å². The zero-order valence-corrected chi connectivity index (χ0v) is 18.2. The van der Waals surface area contributed by atoms with E-state index < -0.39 is 15.9 Å². The number of thioether (sulfide) groups is 1. The number of hydrogen-bond acceptors (Lipinski definition) is 6. The number of benzene rings is 2. The van der Waals surface area contributed by atoms with Gasteiger partial charge < -0.3 is 14.8 Å². The lowest BCUT2D eigenvalue weighted by atomic mass is 10.2. The smallest absolute Gasteiger partial charge is 0.243 e. The third kappa shape index (κ3) is 5.11. The van der Waals surface area contributed by atoms with Crippen molar-refractivity contribution in [1.29, 1.82) is 0 Å². The Bertz CT molecular complexity index is 949. The van der Waals surface area contributed by atoms with Gasteiger partial charge in [0, 0.05) is 24.1 Å². The predicted molar refractivity (Wildman–Crippen MR) is 111 cm³/mol. The third-order valence-electron chi connectivity index (χ3n) is 3.88. The summed E-state index contributed by atoms with van der Waals surface area (Å²) in [5, 5.41) is 2.95. The van der Waals surface area contributed by atoms with E-state index in [0.29, 0.717) is 22.2 Å². The predicted octanol–water partition coefficient (Wildman–Crippen LogP) is 3.34. The number of hydrogen-bond donors (Lipinski definition) is 1. The average molecular weight is 445 g/mol. The molecule has 1 amide bonds. The van der Waals surface area contributed by atoms with Crippen molar-refractivity contribution in [2.24, 2.45) is 0 Å². The van der Waals surface area contributed by atoms with Crippen molar-refractivity contribution in [3.8, 4) is 11.5 Å². The van der Waals surface area contributed by atoms with Crippen molar-refractivity contribution in [1.82, 2.24) is 4.31 Å². The number of sulfonamides is 1. The summed E-state index contributed by atoms with van der Waals surface area (Å²) in [6.07, 6.45) is 1.90. The Hall–Kier alpha value is -1.94. The Labute approximate surface area is 174 Å². The summed E-state index contributed by atoms with van der Waals surface area (Å²) >= 11 is 7.56. The molecule has 0 spiro atoms. The molecule has 0 aliphatic carbocycles. The zero-order chi connectivity index (χ0) is 20.9. The average Bonchev–Trinajstić information content (AvgIpc) is 2.68. The Morgan fingerprint density at radius 2 is 1.75 bits per heavy atom. The standard InChI is InChI=1S/C18H21ClN2O5S2/c1-21(28(23,24)13-7-5-12(27-4)6-8-13)11-18(22)20-15-10-16(25-2)14(19)9-17(15)26-3/h5-10H,11H2,1-4H3,(H,20,22). The molecule has 0 aliphatic heterocycles. The maximum Gasteiger partial charge on any atom is 0.243 e. The van der Waals surface area contributed by atoms with Gasteiger partial charge in [-0.1, -0.05) is 11.6 Å². The molecule has 0 saturated heterocycles. The highest BCUT2D eigenvalue weighted by molar-refractivity contribution is 7.98. The van der Waals surface area contributed by atoms with Crippen molar-refractivity contribution in [2.75, 3.05) is 39.4 Å². The first-order chi connectivity index (χ1) is 13.2. The van der Waals surface area contributed by atoms with Crippen LogP contribution in [0, 0.1) is 0 Å². The summed E-state index contributed by atoms with van der Waals surface area (Å²) in [5.41, 5.74) is 0.323. The fourth-order valence-electron chi connectivity index (χ4n) is 2.36. The minimum Gasteiger partial charge on any atom is -0.495 e. The van der Waals surface area contributed by atoms with Crippen LogP contribution in [-0.4, -0.2) is 52.7 Å². The minimum atomic E-state index is -3.80. The molecule has 0 bridgehead atoms. The molecule has 0 aromatic heterocycles. The molecule has 0 radical (unpaired) electrons. The normalized spacial score (nSPS) is 11.4. The van der Waals surface area contributed by atoms with Crippen molar-refractivity contribution in [3.63, 3.8) is 0 Å². The number of amides is 1. The van der Waals surface area contributed by atoms with Gasteiger partial charge in [-0.15, -0.1) is 11.8 Å². The number of nitrogens with zero attached hydrogens (tertiary/aromatic N) is 1. The molecule has 0 saturated carbocycles. The number of nitrogens with one attached hydrogen (secondary N) is 1. The lowest BCUT2D eigenvalue weighted by molar-refractivity contribution is -0.116. The largest absolute Gasteiger partial charge is 0.495 e. The van der Waals surface area contributed by atoms with E-state index in [-0.39, 0.29) is 11.4 Å². The van der Waals surface area contributed by atoms with Crippen LogP contribution in [0.2, 0.25) is 5.02 Å². The number of methoxy groups -OCH3 is 2. The highest BCUT2D eigenvalue weighted by Crippen LogP contribution is 2.35. The monoisotopic (exact) mass is 444 g/mol. The van der Waals surface area contributed by atoms with Crippen molar-refractivity contribution in [2.45, 2.75) is 9.79 Å². The van der Waals surface area contributed by atoms with Gasteiger partial charge in [0.1, 0.15) is 11.5 Å². The second-order valence-electron chi connectivity index (χ2n) is 5.67. The van der Waals surface area contributed by atoms with Crippen LogP contribution in [0.1, 0.15) is 0 Å². The second kappa shape index (κ2) is 9.51. The lowest BCUT2D eigenvalue weighted by Crippen LogP contribution is -2.35. The number of ether oxygens (including phenoxy) is 2. The SMILES string of the molecule is COc1cc(NC(=O)CN(C)S(=O)(=O)c2ccc(SC)cc2)c(OC)cc1Cl. The number of halogens is 1. The van der Waals surface area contributed by atoms with E-state index in [0.717, 1.165) is 9.20 Å². The number of likely N-dealkylation sites (N-methyl/N-ethyl adjacent to an activating group) is 1. The molecule has 2 rings (SSSR count). The van der Waals surface area contributed by atoms with Crippen LogP contribution >= 0.6 is 23.4 Å². The summed E-state index contributed by atoms with van der Waals surface area (Å²) in [6, 6.07) is 9.48. The first-order valence-electron chi connectivity index (χ1n) is 8.04. The molecule has 7 nitrogen and oxygen atoms in total. The first kappa shape index (κ1) is 22.4. The van der Waals surface area contributed by atoms with Gasteiger partial charge in [0.15, 0.2) is 0 Å². The molecule has 1 N–H and O–H groups in total. The van der Waals surface area contributed by atoms with E-state index in [1.54, 1.807) is 12.1 Å². The molecule has 152 valence electrons. The number of carbonyl (C=O) groups excluding carboxylic acids is 1. The highest BCUT2D eigenvalue weighted by Gasteiger charge is 2.23. The molecule has 0 aliphatic rings. The van der Waals surface area contributed by atoms with Gasteiger partial charge in [-0.25, -0.2) is 8.42 Å². The summed E-state index contributed by atoms with van der Waals surface area (Å²) in [5.74, 6) is 0.152. The lowest BCUT2D eigenvalue weighted by Gasteiger charge is -2.18. The van der Waals surface area contributed by atoms with Crippen LogP contribution in [0.25, 0.3) is 0 Å². The molecule has 10 heteroatoms. The second-order valence-corrected chi connectivity index (χ2v) is 9.00. The third-order valence-corrected chi connectivity index (χ3v) is 6.74. The van der Waals surface area contributed by atoms with Gasteiger partial charge >= 0.3 is 0 Å². The fourth-order valence-corrected chi connectivity index (χ4v) is 4.13. The van der Waals surface area contributed by atoms with Crippen molar-refractivity contribution in [3.05, 3.63) is 41.4 Å². The maximum atomic E-state index is 12.7. The Morgan fingerprint density at radius 3 is 2.29 bits per heavy atom. The zero-order valence-electron chi connectivity index (χ0n) is 15.9. The molecule has 0 heterocycles. The van der Waals surface area contributed by atoms with Crippen LogP contribution in [0.4, 0.5) is 5.69 Å². The van der Waals surface area contributed by atoms with Gasteiger partial charge in [0.25, 0.3) is 0 Å². The van der Waals surface area contributed by atoms with E-state index in [9.17, 15) is 13.2 Å². The Kier molecular flexibility index (Phi) is 7.59. The molecule has 2 aromatic rings. The topological polar surface area (TPSA) is 84.9 Å². The summed E-state index contributed by atoms with van der Waals surface area (Å²) in [7, 11) is 0.424. The number of rotatable bonds is 8. The Morgan fingerprint density at radius 1 is 1.14 bits per heavy atom. The minimum absolute atomic E-state index is 0.117. The van der Waals surface area contributed by atoms with Gasteiger partial charge in [-0.2, -0.15) is 4.31 Å². The van der Waals surface area contributed by atoms with E-state index in [1.165, 1.54) is 57.3 Å². The maximum absolute atomic E-state index is 12.7. The molecular formula is C18H21ClN2O5S2. The van der Waals surface area contributed by atoms with Crippen LogP contribution in [0.5, 0.6) is 11.5 Å². The van der Waals surface area contributed by atoms with Crippen LogP contribution < -0.4 is 14.8 Å². The van der Waals surface area contributed by atoms with E-state index in [4.69, 9.17) is 21.1 Å². The van der Waals surface area contributed by atoms with Gasteiger partial charge in [0.05, 0.1) is 36.4 Å². The van der Waals surface area contributed by atoms with Gasteiger partial charge in [-0.05, 0) is 30.5 Å².